The van der Waals surface area contributed by atoms with E-state index in [2.05, 4.69) is 45.9 Å². The van der Waals surface area contributed by atoms with Crippen molar-refractivity contribution in [1.82, 2.24) is 4.57 Å². The molecule has 0 aliphatic carbocycles. The Hall–Kier alpha value is -1.87. The first-order valence-corrected chi connectivity index (χ1v) is 7.35. The average molecular weight is 285 g/mol. The lowest BCUT2D eigenvalue weighted by Gasteiger charge is -2.18. The van der Waals surface area contributed by atoms with E-state index in [0.29, 0.717) is 18.0 Å². The van der Waals surface area contributed by atoms with Crippen LogP contribution in [-0.4, -0.2) is 9.67 Å². The summed E-state index contributed by atoms with van der Waals surface area (Å²) in [7, 11) is 0. The number of aromatic nitrogens is 1. The van der Waals surface area contributed by atoms with Gasteiger partial charge in [0.05, 0.1) is 12.3 Å². The molecule has 0 saturated carbocycles. The van der Waals surface area contributed by atoms with Crippen LogP contribution in [0.15, 0.2) is 35.1 Å². The minimum absolute atomic E-state index is 0.0930. The van der Waals surface area contributed by atoms with Gasteiger partial charge in [-0.2, -0.15) is 0 Å². The maximum Gasteiger partial charge on any atom is 0.256 e. The third kappa shape index (κ3) is 3.24. The van der Waals surface area contributed by atoms with Crippen molar-refractivity contribution in [3.63, 3.8) is 0 Å². The molecule has 0 amide bonds. The highest BCUT2D eigenvalue weighted by molar-refractivity contribution is 5.65. The third-order valence-electron chi connectivity index (χ3n) is 3.64. The van der Waals surface area contributed by atoms with E-state index in [4.69, 9.17) is 0 Å². The zero-order chi connectivity index (χ0) is 15.6. The van der Waals surface area contributed by atoms with Crippen LogP contribution in [0.5, 0.6) is 0 Å². The van der Waals surface area contributed by atoms with Crippen molar-refractivity contribution < 1.29 is 5.11 Å². The van der Waals surface area contributed by atoms with E-state index in [9.17, 15) is 9.90 Å². The number of aryl methyl sites for hydroxylation is 2. The Morgan fingerprint density at radius 3 is 2.48 bits per heavy atom. The van der Waals surface area contributed by atoms with Crippen LogP contribution in [0.2, 0.25) is 0 Å². The molecule has 1 aromatic heterocycles. The Balaban J connectivity index is 2.70. The van der Waals surface area contributed by atoms with Gasteiger partial charge in [-0.25, -0.2) is 0 Å². The summed E-state index contributed by atoms with van der Waals surface area (Å²) >= 11 is 0. The van der Waals surface area contributed by atoms with Gasteiger partial charge >= 0.3 is 0 Å². The van der Waals surface area contributed by atoms with E-state index < -0.39 is 0 Å². The Kier molecular flexibility index (Phi) is 4.63. The number of hydrogen-bond acceptors (Lipinski definition) is 2. The maximum absolute atomic E-state index is 12.5. The lowest BCUT2D eigenvalue weighted by Crippen LogP contribution is -2.27. The molecule has 0 aliphatic rings. The van der Waals surface area contributed by atoms with Gasteiger partial charge in [-0.3, -0.25) is 4.79 Å². The second-order valence-electron chi connectivity index (χ2n) is 6.03. The zero-order valence-electron chi connectivity index (χ0n) is 13.2. The smallest absolute Gasteiger partial charge is 0.256 e. The fourth-order valence-electron chi connectivity index (χ4n) is 2.54. The second-order valence-corrected chi connectivity index (χ2v) is 6.03. The molecule has 0 spiro atoms. The number of pyridine rings is 1. The predicted octanol–water partition coefficient (Wildman–Crippen LogP) is 3.28. The van der Waals surface area contributed by atoms with Crippen LogP contribution in [0.4, 0.5) is 0 Å². The van der Waals surface area contributed by atoms with E-state index in [1.165, 1.54) is 5.56 Å². The van der Waals surface area contributed by atoms with E-state index >= 15 is 0 Å². The van der Waals surface area contributed by atoms with E-state index in [1.807, 2.05) is 6.07 Å². The van der Waals surface area contributed by atoms with Crippen LogP contribution in [0.3, 0.4) is 0 Å². The summed E-state index contributed by atoms with van der Waals surface area (Å²) in [5.74, 6) is 0.362. The fourth-order valence-corrected chi connectivity index (χ4v) is 2.54. The maximum atomic E-state index is 12.5. The SMILES string of the molecule is Cc1ccc(C)c(-c2ccc(CO)c(=O)n2CC(C)C)c1. The highest BCUT2D eigenvalue weighted by Crippen LogP contribution is 2.24. The molecule has 0 radical (unpaired) electrons. The zero-order valence-corrected chi connectivity index (χ0v) is 13.2. The molecule has 3 heteroatoms. The van der Waals surface area contributed by atoms with Crippen LogP contribution in [0.1, 0.15) is 30.5 Å². The van der Waals surface area contributed by atoms with Gasteiger partial charge in [0, 0.05) is 17.7 Å². The molecular weight excluding hydrogens is 262 g/mol. The molecule has 1 aromatic carbocycles. The van der Waals surface area contributed by atoms with Crippen LogP contribution in [0, 0.1) is 19.8 Å². The minimum atomic E-state index is -0.218. The highest BCUT2D eigenvalue weighted by atomic mass is 16.3. The van der Waals surface area contributed by atoms with Gasteiger partial charge in [-0.1, -0.05) is 31.5 Å². The number of aliphatic hydroxyl groups is 1. The monoisotopic (exact) mass is 285 g/mol. The van der Waals surface area contributed by atoms with Crippen molar-refractivity contribution in [3.05, 3.63) is 57.4 Å². The summed E-state index contributed by atoms with van der Waals surface area (Å²) in [5.41, 5.74) is 4.68. The Morgan fingerprint density at radius 1 is 1.14 bits per heavy atom. The van der Waals surface area contributed by atoms with Crippen molar-refractivity contribution in [2.24, 2.45) is 5.92 Å². The predicted molar refractivity (Wildman–Crippen MR) is 86.4 cm³/mol. The molecule has 21 heavy (non-hydrogen) atoms. The molecule has 2 aromatic rings. The normalized spacial score (nSPS) is 11.1. The summed E-state index contributed by atoms with van der Waals surface area (Å²) in [5, 5.41) is 9.32. The first-order chi connectivity index (χ1) is 9.93. The first kappa shape index (κ1) is 15.5. The largest absolute Gasteiger partial charge is 0.391 e. The van der Waals surface area contributed by atoms with E-state index in [-0.39, 0.29) is 12.2 Å². The standard InChI is InChI=1S/C18H23NO2/c1-12(2)10-19-17(8-7-15(11-20)18(19)21)16-9-13(3)5-6-14(16)4/h5-9,12,20H,10-11H2,1-4H3. The lowest BCUT2D eigenvalue weighted by atomic mass is 10.0. The highest BCUT2D eigenvalue weighted by Gasteiger charge is 2.13. The first-order valence-electron chi connectivity index (χ1n) is 7.35. The Morgan fingerprint density at radius 2 is 1.86 bits per heavy atom. The molecule has 0 fully saturated rings. The number of aliphatic hydroxyl groups excluding tert-OH is 1. The van der Waals surface area contributed by atoms with Crippen LogP contribution in [-0.2, 0) is 13.2 Å². The molecule has 0 saturated heterocycles. The lowest BCUT2D eigenvalue weighted by molar-refractivity contribution is 0.279. The number of hydrogen-bond donors (Lipinski definition) is 1. The summed E-state index contributed by atoms with van der Waals surface area (Å²) in [6.07, 6.45) is 0. The Bertz CT molecular complexity index is 699. The summed E-state index contributed by atoms with van der Waals surface area (Å²) in [4.78, 5) is 12.5. The number of benzene rings is 1. The molecule has 0 aliphatic heterocycles. The van der Waals surface area contributed by atoms with Crippen molar-refractivity contribution in [2.45, 2.75) is 40.8 Å². The molecule has 0 atom stereocenters. The average Bonchev–Trinajstić information content (AvgIpc) is 2.43. The molecule has 1 heterocycles. The summed E-state index contributed by atoms with van der Waals surface area (Å²) < 4.78 is 1.79. The van der Waals surface area contributed by atoms with Crippen LogP contribution >= 0.6 is 0 Å². The van der Waals surface area contributed by atoms with Crippen molar-refractivity contribution in [3.8, 4) is 11.3 Å². The molecule has 112 valence electrons. The van der Waals surface area contributed by atoms with Gasteiger partial charge in [0.25, 0.3) is 5.56 Å². The van der Waals surface area contributed by atoms with Gasteiger partial charge in [-0.05, 0) is 43.5 Å². The molecule has 0 unspecified atom stereocenters. The second kappa shape index (κ2) is 6.27. The van der Waals surface area contributed by atoms with Crippen LogP contribution < -0.4 is 5.56 Å². The molecule has 3 nitrogen and oxygen atoms in total. The molecule has 0 bridgehead atoms. The summed E-state index contributed by atoms with van der Waals surface area (Å²) in [6.45, 7) is 8.71. The number of rotatable bonds is 4. The van der Waals surface area contributed by atoms with Gasteiger partial charge in [0.2, 0.25) is 0 Å². The van der Waals surface area contributed by atoms with E-state index in [1.54, 1.807) is 10.6 Å². The van der Waals surface area contributed by atoms with Crippen molar-refractivity contribution >= 4 is 0 Å². The molecule has 1 N–H and O–H groups in total. The number of nitrogens with zero attached hydrogens (tertiary/aromatic N) is 1. The van der Waals surface area contributed by atoms with Gasteiger partial charge in [0.15, 0.2) is 0 Å². The van der Waals surface area contributed by atoms with Crippen molar-refractivity contribution in [1.29, 1.82) is 0 Å². The van der Waals surface area contributed by atoms with Crippen LogP contribution in [0.25, 0.3) is 11.3 Å². The molecular formula is C18H23NO2. The summed E-state index contributed by atoms with van der Waals surface area (Å²) in [6, 6.07) is 9.94. The molecule has 2 rings (SSSR count). The van der Waals surface area contributed by atoms with Gasteiger partial charge in [-0.15, -0.1) is 0 Å². The topological polar surface area (TPSA) is 42.2 Å². The van der Waals surface area contributed by atoms with Gasteiger partial charge < -0.3 is 9.67 Å². The quantitative estimate of drug-likeness (QED) is 0.936. The van der Waals surface area contributed by atoms with Crippen molar-refractivity contribution in [2.75, 3.05) is 0 Å². The van der Waals surface area contributed by atoms with Gasteiger partial charge in [0.1, 0.15) is 0 Å². The van der Waals surface area contributed by atoms with E-state index in [0.717, 1.165) is 16.8 Å². The third-order valence-corrected chi connectivity index (χ3v) is 3.64. The Labute approximate surface area is 125 Å². The minimum Gasteiger partial charge on any atom is -0.391 e. The fraction of sp³-hybridized carbons (Fsp3) is 0.389.